The van der Waals surface area contributed by atoms with Crippen LogP contribution in [-0.2, 0) is 17.7 Å². The van der Waals surface area contributed by atoms with Crippen molar-refractivity contribution in [3.63, 3.8) is 0 Å². The van der Waals surface area contributed by atoms with Gasteiger partial charge in [0.15, 0.2) is 5.96 Å². The Balaban J connectivity index is 1.38. The molecule has 0 spiro atoms. The molecule has 2 heterocycles. The van der Waals surface area contributed by atoms with Crippen LogP contribution in [0.3, 0.4) is 0 Å². The Morgan fingerprint density at radius 2 is 2.10 bits per heavy atom. The van der Waals surface area contributed by atoms with Crippen LogP contribution >= 0.6 is 0 Å². The monoisotopic (exact) mass is 409 g/mol. The van der Waals surface area contributed by atoms with Crippen LogP contribution in [0.5, 0.6) is 11.5 Å². The summed E-state index contributed by atoms with van der Waals surface area (Å²) in [6.07, 6.45) is 2.10. The van der Waals surface area contributed by atoms with Gasteiger partial charge in [0.05, 0.1) is 26.3 Å². The zero-order valence-corrected chi connectivity index (χ0v) is 17.8. The van der Waals surface area contributed by atoms with Gasteiger partial charge in [0, 0.05) is 24.9 Å². The number of rotatable bonds is 7. The number of hydrogen-bond acceptors (Lipinski definition) is 4. The summed E-state index contributed by atoms with van der Waals surface area (Å²) in [5.74, 6) is 2.68. The van der Waals surface area contributed by atoms with Crippen molar-refractivity contribution in [1.29, 1.82) is 0 Å². The fourth-order valence-electron chi connectivity index (χ4n) is 3.77. The summed E-state index contributed by atoms with van der Waals surface area (Å²) in [4.78, 5) is 4.79. The first-order chi connectivity index (χ1) is 14.7. The third-order valence-corrected chi connectivity index (χ3v) is 5.37. The lowest BCUT2D eigenvalue weighted by molar-refractivity contribution is 0.140. The van der Waals surface area contributed by atoms with Gasteiger partial charge in [-0.2, -0.15) is 0 Å². The summed E-state index contributed by atoms with van der Waals surface area (Å²) in [5.41, 5.74) is 3.53. The van der Waals surface area contributed by atoms with Crippen LogP contribution in [-0.4, -0.2) is 44.5 Å². The number of aryl methyl sites for hydroxylation is 1. The van der Waals surface area contributed by atoms with E-state index < -0.39 is 0 Å². The van der Waals surface area contributed by atoms with Crippen molar-refractivity contribution in [3.8, 4) is 11.5 Å². The quantitative estimate of drug-likeness (QED) is 0.543. The summed E-state index contributed by atoms with van der Waals surface area (Å²) in [6, 6.07) is 14.5. The van der Waals surface area contributed by atoms with Gasteiger partial charge in [-0.3, -0.25) is 0 Å². The number of para-hydroxylation sites is 1. The molecule has 2 atom stereocenters. The smallest absolute Gasteiger partial charge is 0.191 e. The van der Waals surface area contributed by atoms with Gasteiger partial charge in [0.1, 0.15) is 23.7 Å². The third kappa shape index (κ3) is 5.25. The maximum Gasteiger partial charge on any atom is 0.191 e. The lowest BCUT2D eigenvalue weighted by Crippen LogP contribution is -2.42. The minimum absolute atomic E-state index is 0.117. The van der Waals surface area contributed by atoms with Gasteiger partial charge in [-0.25, -0.2) is 4.99 Å². The lowest BCUT2D eigenvalue weighted by atomic mass is 10.1. The molecule has 0 aromatic heterocycles. The Morgan fingerprint density at radius 1 is 1.20 bits per heavy atom. The average Bonchev–Trinajstić information content (AvgIpc) is 3.40. The van der Waals surface area contributed by atoms with E-state index in [1.807, 2.05) is 12.1 Å². The Kier molecular flexibility index (Phi) is 6.74. The van der Waals surface area contributed by atoms with Crippen LogP contribution in [0, 0.1) is 6.92 Å². The highest BCUT2D eigenvalue weighted by Gasteiger charge is 2.22. The minimum Gasteiger partial charge on any atom is -0.488 e. The van der Waals surface area contributed by atoms with Crippen LogP contribution in [0.25, 0.3) is 0 Å². The Hall–Kier alpha value is -2.73. The van der Waals surface area contributed by atoms with Gasteiger partial charge < -0.3 is 24.8 Å². The van der Waals surface area contributed by atoms with Crippen molar-refractivity contribution < 1.29 is 14.2 Å². The van der Waals surface area contributed by atoms with E-state index in [2.05, 4.69) is 54.8 Å². The molecule has 4 rings (SSSR count). The van der Waals surface area contributed by atoms with Crippen molar-refractivity contribution >= 4 is 5.96 Å². The molecule has 0 amide bonds. The molecule has 6 nitrogen and oxygen atoms in total. The van der Waals surface area contributed by atoms with Crippen LogP contribution in [0.15, 0.2) is 47.5 Å². The summed E-state index contributed by atoms with van der Waals surface area (Å²) >= 11 is 0. The maximum absolute atomic E-state index is 6.20. The molecule has 6 heteroatoms. The van der Waals surface area contributed by atoms with E-state index in [1.165, 1.54) is 11.1 Å². The summed E-state index contributed by atoms with van der Waals surface area (Å²) in [6.45, 7) is 7.63. The van der Waals surface area contributed by atoms with Crippen LogP contribution in [0.4, 0.5) is 0 Å². The molecule has 30 heavy (non-hydrogen) atoms. The van der Waals surface area contributed by atoms with E-state index in [1.54, 1.807) is 0 Å². The molecular weight excluding hydrogens is 378 g/mol. The van der Waals surface area contributed by atoms with E-state index in [-0.39, 0.29) is 12.2 Å². The molecule has 0 radical (unpaired) electrons. The number of nitrogens with one attached hydrogen (secondary N) is 2. The molecule has 1 saturated heterocycles. The molecule has 2 unspecified atom stereocenters. The van der Waals surface area contributed by atoms with Gasteiger partial charge in [0.2, 0.25) is 0 Å². The highest BCUT2D eigenvalue weighted by molar-refractivity contribution is 5.79. The number of fused-ring (bicyclic) bond motifs is 1. The fourth-order valence-corrected chi connectivity index (χ4v) is 3.77. The van der Waals surface area contributed by atoms with Crippen LogP contribution < -0.4 is 20.1 Å². The maximum atomic E-state index is 6.20. The summed E-state index contributed by atoms with van der Waals surface area (Å²) in [5, 5.41) is 6.75. The average molecular weight is 410 g/mol. The van der Waals surface area contributed by atoms with Crippen molar-refractivity contribution in [2.75, 3.05) is 26.3 Å². The second kappa shape index (κ2) is 9.85. The molecular formula is C24H31N3O3. The number of benzene rings is 2. The topological polar surface area (TPSA) is 64.1 Å². The highest BCUT2D eigenvalue weighted by Crippen LogP contribution is 2.28. The first-order valence-electron chi connectivity index (χ1n) is 10.8. The normalized spacial score (nSPS) is 20.5. The van der Waals surface area contributed by atoms with Gasteiger partial charge in [-0.15, -0.1) is 0 Å². The van der Waals surface area contributed by atoms with Crippen molar-refractivity contribution in [3.05, 3.63) is 59.2 Å². The Bertz CT molecular complexity index is 853. The Labute approximate surface area is 178 Å². The van der Waals surface area contributed by atoms with Gasteiger partial charge in [-0.05, 0) is 37.1 Å². The summed E-state index contributed by atoms with van der Waals surface area (Å²) < 4.78 is 17.7. The van der Waals surface area contributed by atoms with E-state index in [0.29, 0.717) is 19.7 Å². The Morgan fingerprint density at radius 3 is 2.90 bits per heavy atom. The number of guanidine groups is 1. The second-order valence-corrected chi connectivity index (χ2v) is 7.84. The first-order valence-corrected chi connectivity index (χ1v) is 10.8. The van der Waals surface area contributed by atoms with Crippen LogP contribution in [0.1, 0.15) is 30.0 Å². The number of nitrogens with zero attached hydrogens (tertiary/aromatic N) is 1. The van der Waals surface area contributed by atoms with Crippen molar-refractivity contribution in [2.24, 2.45) is 4.99 Å². The number of aliphatic imine (C=N–C) groups is 1. The number of ether oxygens (including phenoxy) is 3. The van der Waals surface area contributed by atoms with E-state index >= 15 is 0 Å². The minimum atomic E-state index is 0.117. The third-order valence-electron chi connectivity index (χ3n) is 5.37. The van der Waals surface area contributed by atoms with Gasteiger partial charge in [0.25, 0.3) is 0 Å². The predicted octanol–water partition coefficient (Wildman–Crippen LogP) is 3.22. The van der Waals surface area contributed by atoms with E-state index in [0.717, 1.165) is 49.0 Å². The van der Waals surface area contributed by atoms with E-state index in [9.17, 15) is 0 Å². The summed E-state index contributed by atoms with van der Waals surface area (Å²) in [7, 11) is 0. The number of hydrogen-bond donors (Lipinski definition) is 2. The fraction of sp³-hybridized carbons (Fsp3) is 0.458. The standard InChI is InChI=1S/C24H31N3O3/c1-3-25-24(27-15-21-13-18-6-4-5-7-22(18)30-21)26-14-19-9-8-17(2)12-23(19)29-20-10-11-28-16-20/h4-9,12,20-21H,3,10-11,13-16H2,1-2H3,(H2,25,26,27). The molecule has 2 aromatic rings. The van der Waals surface area contributed by atoms with E-state index in [4.69, 9.17) is 19.2 Å². The molecule has 0 saturated carbocycles. The molecule has 2 N–H and O–H groups in total. The van der Waals surface area contributed by atoms with Gasteiger partial charge in [-0.1, -0.05) is 30.3 Å². The molecule has 2 aliphatic rings. The largest absolute Gasteiger partial charge is 0.488 e. The molecule has 0 bridgehead atoms. The van der Waals surface area contributed by atoms with Crippen molar-refractivity contribution in [2.45, 2.75) is 45.4 Å². The first kappa shape index (κ1) is 20.5. The highest BCUT2D eigenvalue weighted by atomic mass is 16.5. The molecule has 160 valence electrons. The predicted molar refractivity (Wildman–Crippen MR) is 118 cm³/mol. The zero-order chi connectivity index (χ0) is 20.8. The van der Waals surface area contributed by atoms with Crippen LogP contribution in [0.2, 0.25) is 0 Å². The molecule has 2 aliphatic heterocycles. The van der Waals surface area contributed by atoms with Gasteiger partial charge >= 0.3 is 0 Å². The second-order valence-electron chi connectivity index (χ2n) is 7.84. The zero-order valence-electron chi connectivity index (χ0n) is 17.8. The SMILES string of the molecule is CCNC(=NCc1ccc(C)cc1OC1CCOC1)NCC1Cc2ccccc2O1. The molecule has 2 aromatic carbocycles. The molecule has 1 fully saturated rings. The lowest BCUT2D eigenvalue weighted by Gasteiger charge is -2.17. The van der Waals surface area contributed by atoms with Crippen molar-refractivity contribution in [1.82, 2.24) is 10.6 Å². The molecule has 0 aliphatic carbocycles.